The van der Waals surface area contributed by atoms with E-state index in [0.29, 0.717) is 5.82 Å². The maximum absolute atomic E-state index is 5.27. The van der Waals surface area contributed by atoms with E-state index >= 15 is 0 Å². The first kappa shape index (κ1) is 31.9. The van der Waals surface area contributed by atoms with E-state index in [1.165, 1.54) is 43.7 Å². The summed E-state index contributed by atoms with van der Waals surface area (Å²) < 4.78 is 4.76. The van der Waals surface area contributed by atoms with Gasteiger partial charge in [0, 0.05) is 49.6 Å². The molecule has 0 aliphatic heterocycles. The second-order valence-corrected chi connectivity index (χ2v) is 14.2. The van der Waals surface area contributed by atoms with Crippen LogP contribution in [0.1, 0.15) is 0 Å². The van der Waals surface area contributed by atoms with Gasteiger partial charge in [0.1, 0.15) is 0 Å². The van der Waals surface area contributed by atoms with Crippen LogP contribution in [0.3, 0.4) is 0 Å². The maximum Gasteiger partial charge on any atom is 0.160 e. The predicted molar refractivity (Wildman–Crippen MR) is 232 cm³/mol. The van der Waals surface area contributed by atoms with Gasteiger partial charge in [0.2, 0.25) is 0 Å². The van der Waals surface area contributed by atoms with Crippen molar-refractivity contribution < 1.29 is 0 Å². The fourth-order valence-electron chi connectivity index (χ4n) is 8.37. The summed E-state index contributed by atoms with van der Waals surface area (Å²) in [7, 11) is 0. The van der Waals surface area contributed by atoms with Crippen molar-refractivity contribution in [1.29, 1.82) is 0 Å². The topological polar surface area (TPSA) is 35.6 Å². The summed E-state index contributed by atoms with van der Waals surface area (Å²) in [6, 6.07) is 73.2. The van der Waals surface area contributed by atoms with E-state index in [9.17, 15) is 0 Å². The number of hydrogen-bond donors (Lipinski definition) is 0. The van der Waals surface area contributed by atoms with Crippen LogP contribution in [-0.2, 0) is 0 Å². The quantitative estimate of drug-likeness (QED) is 0.172. The molecule has 0 N–H and O–H groups in total. The van der Waals surface area contributed by atoms with Gasteiger partial charge in [-0.15, -0.1) is 0 Å². The summed E-state index contributed by atoms with van der Waals surface area (Å²) in [5.41, 5.74) is 14.1. The summed E-state index contributed by atoms with van der Waals surface area (Å²) in [5, 5.41) is 4.85. The summed E-state index contributed by atoms with van der Waals surface area (Å²) >= 11 is 0. The van der Waals surface area contributed by atoms with Gasteiger partial charge in [0.15, 0.2) is 5.82 Å². The van der Waals surface area contributed by atoms with Crippen molar-refractivity contribution in [3.8, 4) is 56.4 Å². The first-order chi connectivity index (χ1) is 27.8. The van der Waals surface area contributed by atoms with Gasteiger partial charge >= 0.3 is 0 Å². The van der Waals surface area contributed by atoms with Gasteiger partial charge in [0.05, 0.1) is 33.5 Å². The van der Waals surface area contributed by atoms with Gasteiger partial charge in [-0.1, -0.05) is 146 Å². The van der Waals surface area contributed by atoms with E-state index in [-0.39, 0.29) is 0 Å². The largest absolute Gasteiger partial charge is 0.309 e. The van der Waals surface area contributed by atoms with Crippen molar-refractivity contribution in [3.05, 3.63) is 206 Å². The Morgan fingerprint density at radius 2 is 0.804 bits per heavy atom. The molecule has 8 aromatic carbocycles. The zero-order valence-corrected chi connectivity index (χ0v) is 30.4. The average Bonchev–Trinajstić information content (AvgIpc) is 3.80. The Bertz CT molecular complexity index is 3160. The lowest BCUT2D eigenvalue weighted by atomic mass is 9.99. The zero-order chi connectivity index (χ0) is 37.0. The molecule has 0 spiro atoms. The molecular weight excluding hydrogens is 681 g/mol. The molecule has 3 aromatic heterocycles. The molecule has 4 nitrogen and oxygen atoms in total. The highest BCUT2D eigenvalue weighted by molar-refractivity contribution is 6.15. The second kappa shape index (κ2) is 13.1. The minimum atomic E-state index is 0.702. The Labute approximate surface area is 324 Å². The van der Waals surface area contributed by atoms with Crippen LogP contribution in [0.4, 0.5) is 0 Å². The molecule has 11 aromatic rings. The van der Waals surface area contributed by atoms with Gasteiger partial charge < -0.3 is 9.13 Å². The van der Waals surface area contributed by atoms with Crippen LogP contribution < -0.4 is 0 Å². The number of para-hydroxylation sites is 4. The molecule has 0 aliphatic rings. The van der Waals surface area contributed by atoms with E-state index in [1.807, 2.05) is 24.3 Å². The number of benzene rings is 8. The smallest absolute Gasteiger partial charge is 0.160 e. The third-order valence-electron chi connectivity index (χ3n) is 10.9. The summed E-state index contributed by atoms with van der Waals surface area (Å²) in [6.45, 7) is 0. The minimum absolute atomic E-state index is 0.702. The molecule has 0 bridgehead atoms. The molecule has 4 heteroatoms. The Morgan fingerprint density at radius 1 is 0.304 bits per heavy atom. The van der Waals surface area contributed by atoms with Gasteiger partial charge in [-0.25, -0.2) is 9.97 Å². The van der Waals surface area contributed by atoms with Crippen LogP contribution in [0.15, 0.2) is 206 Å². The summed E-state index contributed by atoms with van der Waals surface area (Å²) in [4.78, 5) is 10.4. The van der Waals surface area contributed by atoms with E-state index in [4.69, 9.17) is 9.97 Å². The van der Waals surface area contributed by atoms with Crippen LogP contribution in [0.2, 0.25) is 0 Å². The standard InChI is InChI=1S/C52H34N4/c1-5-16-35(17-6-1)46-34-47(54-52(53-46)36-18-7-2-8-19-36)43-26-15-25-42-45-33-38(29-31-50(45)56(51(42)43)40-22-11-4-12-23-40)37-28-30-49-44(32-37)41-24-13-14-27-48(41)55(49)39-20-9-3-10-21-39/h1-34H. The highest BCUT2D eigenvalue weighted by Gasteiger charge is 2.20. The SMILES string of the molecule is c1ccc(-c2cc(-c3cccc4c5cc(-c6ccc7c(c6)c6ccccc6n7-c6ccccc6)ccc5n(-c5ccccc5)c34)nc(-c3ccccc3)n2)cc1. The highest BCUT2D eigenvalue weighted by atomic mass is 15.0. The second-order valence-electron chi connectivity index (χ2n) is 14.2. The fraction of sp³-hybridized carbons (Fsp3) is 0. The van der Waals surface area contributed by atoms with Crippen molar-refractivity contribution in [2.24, 2.45) is 0 Å². The van der Waals surface area contributed by atoms with Crippen LogP contribution in [-0.4, -0.2) is 19.1 Å². The number of aromatic nitrogens is 4. The lowest BCUT2D eigenvalue weighted by Gasteiger charge is -2.13. The van der Waals surface area contributed by atoms with E-state index in [0.717, 1.165) is 50.5 Å². The summed E-state index contributed by atoms with van der Waals surface area (Å²) in [6.07, 6.45) is 0. The van der Waals surface area contributed by atoms with Gasteiger partial charge in [-0.3, -0.25) is 0 Å². The predicted octanol–water partition coefficient (Wildman–Crippen LogP) is 13.3. The molecule has 0 atom stereocenters. The molecule has 0 radical (unpaired) electrons. The number of rotatable bonds is 6. The molecule has 0 saturated heterocycles. The molecule has 262 valence electrons. The van der Waals surface area contributed by atoms with Crippen LogP contribution in [0.5, 0.6) is 0 Å². The minimum Gasteiger partial charge on any atom is -0.309 e. The van der Waals surface area contributed by atoms with E-state index < -0.39 is 0 Å². The highest BCUT2D eigenvalue weighted by Crippen LogP contribution is 2.41. The molecule has 0 aliphatic carbocycles. The van der Waals surface area contributed by atoms with E-state index in [1.54, 1.807) is 0 Å². The van der Waals surface area contributed by atoms with Crippen molar-refractivity contribution >= 4 is 43.6 Å². The molecule has 11 rings (SSSR count). The maximum atomic E-state index is 5.27. The molecule has 3 heterocycles. The lowest BCUT2D eigenvalue weighted by Crippen LogP contribution is -1.99. The average molecular weight is 715 g/mol. The zero-order valence-electron chi connectivity index (χ0n) is 30.4. The number of fused-ring (bicyclic) bond motifs is 6. The normalized spacial score (nSPS) is 11.6. The van der Waals surface area contributed by atoms with Crippen LogP contribution >= 0.6 is 0 Å². The Kier molecular flexibility index (Phi) is 7.46. The first-order valence-electron chi connectivity index (χ1n) is 19.0. The van der Waals surface area contributed by atoms with Crippen molar-refractivity contribution in [2.45, 2.75) is 0 Å². The van der Waals surface area contributed by atoms with Gasteiger partial charge in [0.25, 0.3) is 0 Å². The molecule has 0 unspecified atom stereocenters. The Balaban J connectivity index is 1.14. The Morgan fingerprint density at radius 3 is 1.48 bits per heavy atom. The molecule has 0 fully saturated rings. The van der Waals surface area contributed by atoms with Crippen molar-refractivity contribution in [3.63, 3.8) is 0 Å². The van der Waals surface area contributed by atoms with Crippen molar-refractivity contribution in [1.82, 2.24) is 19.1 Å². The Hall–Kier alpha value is -7.56. The van der Waals surface area contributed by atoms with Crippen molar-refractivity contribution in [2.75, 3.05) is 0 Å². The number of hydrogen-bond acceptors (Lipinski definition) is 2. The first-order valence-corrected chi connectivity index (χ1v) is 19.0. The monoisotopic (exact) mass is 714 g/mol. The lowest BCUT2D eigenvalue weighted by molar-refractivity contribution is 1.16. The molecule has 56 heavy (non-hydrogen) atoms. The summed E-state index contributed by atoms with van der Waals surface area (Å²) in [5.74, 6) is 0.702. The third kappa shape index (κ3) is 5.23. The van der Waals surface area contributed by atoms with Gasteiger partial charge in [-0.05, 0) is 71.8 Å². The van der Waals surface area contributed by atoms with Crippen LogP contribution in [0.25, 0.3) is 100 Å². The number of nitrogens with zero attached hydrogens (tertiary/aromatic N) is 4. The fourth-order valence-corrected chi connectivity index (χ4v) is 8.37. The third-order valence-corrected chi connectivity index (χ3v) is 10.9. The van der Waals surface area contributed by atoms with Gasteiger partial charge in [-0.2, -0.15) is 0 Å². The molecular formula is C52H34N4. The molecule has 0 saturated carbocycles. The van der Waals surface area contributed by atoms with E-state index in [2.05, 4.69) is 191 Å². The molecule has 0 amide bonds. The van der Waals surface area contributed by atoms with Crippen LogP contribution in [0, 0.1) is 0 Å².